The molecular formula is C16H23ClN4O4S. The highest BCUT2D eigenvalue weighted by molar-refractivity contribution is 7.89. The van der Waals surface area contributed by atoms with E-state index in [0.29, 0.717) is 18.3 Å². The minimum atomic E-state index is -3.84. The Balaban J connectivity index is 0.00000243. The predicted molar refractivity (Wildman–Crippen MR) is 99.6 cm³/mol. The van der Waals surface area contributed by atoms with Crippen LogP contribution in [0, 0.1) is 5.92 Å². The van der Waals surface area contributed by atoms with Crippen molar-refractivity contribution in [1.29, 1.82) is 0 Å². The van der Waals surface area contributed by atoms with Crippen molar-refractivity contribution >= 4 is 39.9 Å². The van der Waals surface area contributed by atoms with Crippen LogP contribution in [0.3, 0.4) is 0 Å². The molecule has 2 amide bonds. The largest absolute Gasteiger partial charge is 0.354 e. The lowest BCUT2D eigenvalue weighted by molar-refractivity contribution is -0.126. The summed E-state index contributed by atoms with van der Waals surface area (Å²) in [6, 6.07) is 6.19. The van der Waals surface area contributed by atoms with E-state index < -0.39 is 15.9 Å². The average Bonchev–Trinajstić information content (AvgIpc) is 3.21. The summed E-state index contributed by atoms with van der Waals surface area (Å²) in [6.07, 6.45) is 2.26. The smallest absolute Gasteiger partial charge is 0.238 e. The van der Waals surface area contributed by atoms with Crippen LogP contribution >= 0.6 is 12.4 Å². The summed E-state index contributed by atoms with van der Waals surface area (Å²) in [6.45, 7) is 1.76. The van der Waals surface area contributed by atoms with Crippen LogP contribution in [0.25, 0.3) is 0 Å². The van der Waals surface area contributed by atoms with E-state index in [-0.39, 0.29) is 42.1 Å². The maximum atomic E-state index is 12.3. The van der Waals surface area contributed by atoms with Gasteiger partial charge in [-0.25, -0.2) is 13.6 Å². The van der Waals surface area contributed by atoms with Crippen LogP contribution in [-0.4, -0.2) is 45.9 Å². The molecule has 8 nitrogen and oxygen atoms in total. The van der Waals surface area contributed by atoms with Crippen molar-refractivity contribution in [3.63, 3.8) is 0 Å². The second kappa shape index (κ2) is 8.34. The van der Waals surface area contributed by atoms with Crippen LogP contribution < -0.4 is 20.7 Å². The van der Waals surface area contributed by atoms with Gasteiger partial charge in [-0.15, -0.1) is 12.4 Å². The van der Waals surface area contributed by atoms with Crippen molar-refractivity contribution in [2.75, 3.05) is 24.5 Å². The standard InChI is InChI=1S/C16H22N4O4S.ClH/c17-25(23,24)14-5-1-4-13(8-14)20-10-11(7-15(20)21)16(22)19-9-12-3-2-6-18-12;/h1,4-5,8,11-12,18H,2-3,6-7,9-10H2,(H,19,22)(H2,17,23,24);1H. The van der Waals surface area contributed by atoms with Crippen LogP contribution in [0.15, 0.2) is 29.2 Å². The van der Waals surface area contributed by atoms with Gasteiger partial charge in [-0.2, -0.15) is 0 Å². The molecular weight excluding hydrogens is 380 g/mol. The molecule has 2 fully saturated rings. The molecule has 0 bridgehead atoms. The number of anilines is 1. The monoisotopic (exact) mass is 402 g/mol. The summed E-state index contributed by atoms with van der Waals surface area (Å²) in [4.78, 5) is 26.0. The average molecular weight is 403 g/mol. The van der Waals surface area contributed by atoms with Gasteiger partial charge in [0.1, 0.15) is 0 Å². The number of amides is 2. The summed E-state index contributed by atoms with van der Waals surface area (Å²) in [5.74, 6) is -0.787. The van der Waals surface area contributed by atoms with Crippen molar-refractivity contribution in [3.8, 4) is 0 Å². The van der Waals surface area contributed by atoms with Gasteiger partial charge in [-0.3, -0.25) is 9.59 Å². The molecule has 4 N–H and O–H groups in total. The molecule has 0 spiro atoms. The minimum absolute atomic E-state index is 0. The highest BCUT2D eigenvalue weighted by atomic mass is 35.5. The lowest BCUT2D eigenvalue weighted by Gasteiger charge is -2.18. The number of nitrogens with one attached hydrogen (secondary N) is 2. The first kappa shape index (κ1) is 20.6. The van der Waals surface area contributed by atoms with Gasteiger partial charge in [-0.1, -0.05) is 6.07 Å². The molecule has 1 aromatic carbocycles. The SMILES string of the molecule is Cl.NS(=O)(=O)c1cccc(N2CC(C(=O)NCC3CCCN3)CC2=O)c1. The van der Waals surface area contributed by atoms with Crippen molar-refractivity contribution in [2.45, 2.75) is 30.2 Å². The van der Waals surface area contributed by atoms with E-state index in [9.17, 15) is 18.0 Å². The molecule has 2 aliphatic rings. The fourth-order valence-corrected chi connectivity index (χ4v) is 3.81. The van der Waals surface area contributed by atoms with E-state index in [2.05, 4.69) is 10.6 Å². The Kier molecular flexibility index (Phi) is 6.62. The molecule has 10 heteroatoms. The lowest BCUT2D eigenvalue weighted by atomic mass is 10.1. The van der Waals surface area contributed by atoms with E-state index in [1.54, 1.807) is 6.07 Å². The number of rotatable bonds is 5. The second-order valence-corrected chi connectivity index (χ2v) is 8.05. The maximum absolute atomic E-state index is 12.3. The number of carbonyl (C=O) groups excluding carboxylic acids is 2. The highest BCUT2D eigenvalue weighted by Crippen LogP contribution is 2.26. The number of hydrogen-bond acceptors (Lipinski definition) is 5. The Morgan fingerprint density at radius 2 is 2.15 bits per heavy atom. The molecule has 1 aromatic rings. The number of nitrogens with two attached hydrogens (primary N) is 1. The first-order valence-electron chi connectivity index (χ1n) is 8.29. The minimum Gasteiger partial charge on any atom is -0.354 e. The molecule has 0 radical (unpaired) electrons. The Morgan fingerprint density at radius 3 is 2.81 bits per heavy atom. The normalized spacial score (nSPS) is 23.0. The zero-order valence-corrected chi connectivity index (χ0v) is 15.8. The van der Waals surface area contributed by atoms with E-state index >= 15 is 0 Å². The van der Waals surface area contributed by atoms with E-state index in [1.165, 1.54) is 23.1 Å². The van der Waals surface area contributed by atoms with Crippen LogP contribution in [-0.2, 0) is 19.6 Å². The van der Waals surface area contributed by atoms with Gasteiger partial charge in [0.15, 0.2) is 0 Å². The molecule has 2 unspecified atom stereocenters. The third-order valence-corrected chi connectivity index (χ3v) is 5.55. The quantitative estimate of drug-likeness (QED) is 0.638. The Hall–Kier alpha value is -1.68. The van der Waals surface area contributed by atoms with Gasteiger partial charge >= 0.3 is 0 Å². The van der Waals surface area contributed by atoms with Gasteiger partial charge in [-0.05, 0) is 37.6 Å². The fourth-order valence-electron chi connectivity index (χ4n) is 3.26. The van der Waals surface area contributed by atoms with Crippen LogP contribution in [0.5, 0.6) is 0 Å². The number of halogens is 1. The van der Waals surface area contributed by atoms with Crippen molar-refractivity contribution < 1.29 is 18.0 Å². The zero-order chi connectivity index (χ0) is 18.0. The molecule has 0 aromatic heterocycles. The molecule has 144 valence electrons. The van der Waals surface area contributed by atoms with Gasteiger partial charge in [0.2, 0.25) is 21.8 Å². The molecule has 2 atom stereocenters. The lowest BCUT2D eigenvalue weighted by Crippen LogP contribution is -2.40. The van der Waals surface area contributed by atoms with Gasteiger partial charge in [0.05, 0.1) is 10.8 Å². The highest BCUT2D eigenvalue weighted by Gasteiger charge is 2.35. The van der Waals surface area contributed by atoms with Crippen molar-refractivity contribution in [3.05, 3.63) is 24.3 Å². The molecule has 2 aliphatic heterocycles. The first-order chi connectivity index (χ1) is 11.8. The van der Waals surface area contributed by atoms with Gasteiger partial charge in [0.25, 0.3) is 0 Å². The van der Waals surface area contributed by atoms with Gasteiger partial charge in [0, 0.05) is 31.2 Å². The zero-order valence-electron chi connectivity index (χ0n) is 14.2. The Bertz CT molecular complexity index is 780. The topological polar surface area (TPSA) is 122 Å². The number of nitrogens with zero attached hydrogens (tertiary/aromatic N) is 1. The molecule has 2 heterocycles. The number of carbonyl (C=O) groups is 2. The molecule has 0 aliphatic carbocycles. The maximum Gasteiger partial charge on any atom is 0.238 e. The van der Waals surface area contributed by atoms with E-state index in [1.807, 2.05) is 0 Å². The summed E-state index contributed by atoms with van der Waals surface area (Å²) in [5, 5.41) is 11.3. The fraction of sp³-hybridized carbons (Fsp3) is 0.500. The number of hydrogen-bond donors (Lipinski definition) is 3. The van der Waals surface area contributed by atoms with E-state index in [4.69, 9.17) is 5.14 Å². The summed E-state index contributed by atoms with van der Waals surface area (Å²) >= 11 is 0. The first-order valence-corrected chi connectivity index (χ1v) is 9.83. The van der Waals surface area contributed by atoms with E-state index in [0.717, 1.165) is 19.4 Å². The van der Waals surface area contributed by atoms with Crippen molar-refractivity contribution in [1.82, 2.24) is 10.6 Å². The third kappa shape index (κ3) is 4.73. The summed E-state index contributed by atoms with van der Waals surface area (Å²) < 4.78 is 22.9. The molecule has 3 rings (SSSR count). The van der Waals surface area contributed by atoms with Crippen LogP contribution in [0.1, 0.15) is 19.3 Å². The van der Waals surface area contributed by atoms with Crippen LogP contribution in [0.2, 0.25) is 0 Å². The second-order valence-electron chi connectivity index (χ2n) is 6.49. The Labute approximate surface area is 159 Å². The summed E-state index contributed by atoms with van der Waals surface area (Å²) in [7, 11) is -3.84. The molecule has 26 heavy (non-hydrogen) atoms. The number of sulfonamides is 1. The number of benzene rings is 1. The van der Waals surface area contributed by atoms with Gasteiger partial charge < -0.3 is 15.5 Å². The Morgan fingerprint density at radius 1 is 1.38 bits per heavy atom. The third-order valence-electron chi connectivity index (χ3n) is 4.64. The summed E-state index contributed by atoms with van der Waals surface area (Å²) in [5.41, 5.74) is 0.435. The predicted octanol–water partition coefficient (Wildman–Crippen LogP) is -0.0231. The molecule has 0 saturated carbocycles. The molecule has 2 saturated heterocycles. The number of primary sulfonamides is 1. The van der Waals surface area contributed by atoms with Crippen LogP contribution in [0.4, 0.5) is 5.69 Å². The van der Waals surface area contributed by atoms with Crippen molar-refractivity contribution in [2.24, 2.45) is 11.1 Å².